The second-order valence-electron chi connectivity index (χ2n) is 5.25. The van der Waals surface area contributed by atoms with Crippen molar-refractivity contribution in [2.24, 2.45) is 0 Å². The van der Waals surface area contributed by atoms with Gasteiger partial charge in [-0.2, -0.15) is 0 Å². The number of aliphatic carboxylic acids is 1. The minimum absolute atomic E-state index is 0.198. The molecule has 4 nitrogen and oxygen atoms in total. The maximum absolute atomic E-state index is 10.8. The molecule has 104 valence electrons. The normalized spacial score (nSPS) is 23.4. The number of aliphatic hydroxyl groups is 1. The number of carboxylic acid groups (broad SMARTS) is 1. The average molecular weight is 328 g/mol. The third kappa shape index (κ3) is 3.48. The van der Waals surface area contributed by atoms with Gasteiger partial charge in [-0.1, -0.05) is 22.0 Å². The van der Waals surface area contributed by atoms with Gasteiger partial charge in [-0.3, -0.25) is 4.79 Å². The number of halogens is 1. The van der Waals surface area contributed by atoms with Gasteiger partial charge >= 0.3 is 5.97 Å². The number of aryl methyl sites for hydroxylation is 1. The number of hydrogen-bond acceptors (Lipinski definition) is 3. The molecular weight excluding hydrogens is 310 g/mol. The van der Waals surface area contributed by atoms with Crippen LogP contribution in [0.15, 0.2) is 22.7 Å². The first kappa shape index (κ1) is 14.3. The quantitative estimate of drug-likeness (QED) is 0.895. The van der Waals surface area contributed by atoms with Crippen LogP contribution in [0, 0.1) is 6.92 Å². The van der Waals surface area contributed by atoms with Crippen LogP contribution in [0.3, 0.4) is 0 Å². The topological polar surface area (TPSA) is 60.8 Å². The number of β-amino-alcohol motifs (C(OH)–C–C–N with tert-alkyl or cyclic N) is 1. The molecule has 0 bridgehead atoms. The first-order valence-corrected chi connectivity index (χ1v) is 7.14. The van der Waals surface area contributed by atoms with E-state index in [-0.39, 0.29) is 6.42 Å². The zero-order valence-corrected chi connectivity index (χ0v) is 12.5. The van der Waals surface area contributed by atoms with E-state index >= 15 is 0 Å². The van der Waals surface area contributed by atoms with E-state index in [1.54, 1.807) is 0 Å². The number of piperidine rings is 1. The van der Waals surface area contributed by atoms with Crippen molar-refractivity contribution in [1.29, 1.82) is 0 Å². The van der Waals surface area contributed by atoms with Crippen molar-refractivity contribution in [3.8, 4) is 0 Å². The van der Waals surface area contributed by atoms with E-state index in [0.29, 0.717) is 13.0 Å². The molecule has 1 aliphatic heterocycles. The summed E-state index contributed by atoms with van der Waals surface area (Å²) >= 11 is 3.50. The summed E-state index contributed by atoms with van der Waals surface area (Å²) in [5, 5.41) is 19.2. The maximum atomic E-state index is 10.8. The predicted molar refractivity (Wildman–Crippen MR) is 77.5 cm³/mol. The van der Waals surface area contributed by atoms with Gasteiger partial charge in [-0.15, -0.1) is 0 Å². The highest BCUT2D eigenvalue weighted by Crippen LogP contribution is 2.30. The lowest BCUT2D eigenvalue weighted by Crippen LogP contribution is -2.49. The third-order valence-electron chi connectivity index (χ3n) is 3.56. The summed E-state index contributed by atoms with van der Waals surface area (Å²) in [4.78, 5) is 12.9. The van der Waals surface area contributed by atoms with Crippen LogP contribution in [-0.4, -0.2) is 34.9 Å². The van der Waals surface area contributed by atoms with Gasteiger partial charge in [0.05, 0.1) is 12.0 Å². The van der Waals surface area contributed by atoms with Gasteiger partial charge in [0.15, 0.2) is 0 Å². The summed E-state index contributed by atoms with van der Waals surface area (Å²) in [6.07, 6.45) is 1.15. The Morgan fingerprint density at radius 2 is 2.26 bits per heavy atom. The Kier molecular flexibility index (Phi) is 4.16. The Labute approximate surface area is 121 Å². The van der Waals surface area contributed by atoms with Gasteiger partial charge in [0.2, 0.25) is 0 Å². The van der Waals surface area contributed by atoms with E-state index in [4.69, 9.17) is 5.11 Å². The van der Waals surface area contributed by atoms with Crippen LogP contribution in [-0.2, 0) is 4.79 Å². The Balaban J connectivity index is 2.16. The largest absolute Gasteiger partial charge is 0.481 e. The van der Waals surface area contributed by atoms with Gasteiger partial charge in [-0.25, -0.2) is 0 Å². The van der Waals surface area contributed by atoms with Gasteiger partial charge in [0.1, 0.15) is 0 Å². The fourth-order valence-electron chi connectivity index (χ4n) is 2.54. The summed E-state index contributed by atoms with van der Waals surface area (Å²) in [5.74, 6) is -0.950. The number of benzene rings is 1. The lowest BCUT2D eigenvalue weighted by Gasteiger charge is -2.39. The third-order valence-corrected chi connectivity index (χ3v) is 4.41. The molecule has 0 aromatic heterocycles. The molecule has 0 saturated carbocycles. The standard InChI is InChI=1S/C14H18BrNO3/c1-10-3-4-11(7-12(10)15)16-6-2-5-14(19,9-16)8-13(17)18/h3-4,7,19H,2,5-6,8-9H2,1H3,(H,17,18). The van der Waals surface area contributed by atoms with Crippen molar-refractivity contribution >= 4 is 27.6 Å². The second-order valence-corrected chi connectivity index (χ2v) is 6.11. The molecule has 0 radical (unpaired) electrons. The second kappa shape index (κ2) is 5.51. The summed E-state index contributed by atoms with van der Waals surface area (Å²) < 4.78 is 1.03. The molecule has 5 heteroatoms. The fourth-order valence-corrected chi connectivity index (χ4v) is 2.90. The number of carbonyl (C=O) groups is 1. The molecule has 1 aliphatic rings. The van der Waals surface area contributed by atoms with E-state index in [1.165, 1.54) is 0 Å². The Hall–Kier alpha value is -1.07. The van der Waals surface area contributed by atoms with E-state index < -0.39 is 11.6 Å². The smallest absolute Gasteiger partial charge is 0.306 e. The summed E-state index contributed by atoms with van der Waals surface area (Å²) in [5.41, 5.74) is 1.05. The van der Waals surface area contributed by atoms with Crippen molar-refractivity contribution < 1.29 is 15.0 Å². The molecule has 1 aromatic rings. The molecule has 2 rings (SSSR count). The number of nitrogens with zero attached hydrogens (tertiary/aromatic N) is 1. The highest BCUT2D eigenvalue weighted by molar-refractivity contribution is 9.10. The van der Waals surface area contributed by atoms with Crippen molar-refractivity contribution in [1.82, 2.24) is 0 Å². The Morgan fingerprint density at radius 1 is 1.53 bits per heavy atom. The fraction of sp³-hybridized carbons (Fsp3) is 0.500. The minimum atomic E-state index is -1.12. The van der Waals surface area contributed by atoms with Gasteiger partial charge in [0, 0.05) is 23.2 Å². The highest BCUT2D eigenvalue weighted by Gasteiger charge is 2.35. The highest BCUT2D eigenvalue weighted by atomic mass is 79.9. The Morgan fingerprint density at radius 3 is 2.89 bits per heavy atom. The summed E-state index contributed by atoms with van der Waals surface area (Å²) in [7, 11) is 0. The average Bonchev–Trinajstić information content (AvgIpc) is 2.31. The first-order chi connectivity index (χ1) is 8.89. The predicted octanol–water partition coefficient (Wildman–Crippen LogP) is 2.56. The molecule has 1 atom stereocenters. The van der Waals surface area contributed by atoms with Crippen LogP contribution in [0.1, 0.15) is 24.8 Å². The van der Waals surface area contributed by atoms with Crippen LogP contribution >= 0.6 is 15.9 Å². The van der Waals surface area contributed by atoms with Gasteiger partial charge in [0.25, 0.3) is 0 Å². The molecule has 2 N–H and O–H groups in total. The minimum Gasteiger partial charge on any atom is -0.481 e. The molecule has 1 heterocycles. The monoisotopic (exact) mass is 327 g/mol. The molecule has 0 amide bonds. The van der Waals surface area contributed by atoms with Gasteiger partial charge < -0.3 is 15.1 Å². The van der Waals surface area contributed by atoms with Crippen molar-refractivity contribution in [2.75, 3.05) is 18.0 Å². The van der Waals surface area contributed by atoms with Crippen LogP contribution in [0.4, 0.5) is 5.69 Å². The van der Waals surface area contributed by atoms with Crippen molar-refractivity contribution in [3.63, 3.8) is 0 Å². The van der Waals surface area contributed by atoms with Crippen LogP contribution < -0.4 is 4.90 Å². The summed E-state index contributed by atoms with van der Waals surface area (Å²) in [6.45, 7) is 3.23. The molecule has 1 unspecified atom stereocenters. The summed E-state index contributed by atoms with van der Waals surface area (Å²) in [6, 6.07) is 6.04. The number of rotatable bonds is 3. The first-order valence-electron chi connectivity index (χ1n) is 6.35. The number of carboxylic acids is 1. The molecule has 1 fully saturated rings. The van der Waals surface area contributed by atoms with Crippen molar-refractivity contribution in [3.05, 3.63) is 28.2 Å². The molecule has 0 spiro atoms. The number of anilines is 1. The van der Waals surface area contributed by atoms with Gasteiger partial charge in [-0.05, 0) is 37.5 Å². The van der Waals surface area contributed by atoms with Crippen LogP contribution in [0.5, 0.6) is 0 Å². The van der Waals surface area contributed by atoms with E-state index in [9.17, 15) is 9.90 Å². The lowest BCUT2D eigenvalue weighted by atomic mass is 9.89. The van der Waals surface area contributed by atoms with E-state index in [0.717, 1.165) is 28.7 Å². The lowest BCUT2D eigenvalue weighted by molar-refractivity contribution is -0.142. The zero-order chi connectivity index (χ0) is 14.0. The zero-order valence-electron chi connectivity index (χ0n) is 10.9. The van der Waals surface area contributed by atoms with Crippen molar-refractivity contribution in [2.45, 2.75) is 31.8 Å². The molecule has 1 aromatic carbocycles. The van der Waals surface area contributed by atoms with Crippen LogP contribution in [0.2, 0.25) is 0 Å². The van der Waals surface area contributed by atoms with Crippen LogP contribution in [0.25, 0.3) is 0 Å². The molecule has 0 aliphatic carbocycles. The molecule has 1 saturated heterocycles. The molecular formula is C14H18BrNO3. The molecule has 19 heavy (non-hydrogen) atoms. The van der Waals surface area contributed by atoms with E-state index in [1.807, 2.05) is 25.1 Å². The Bertz CT molecular complexity index is 492. The maximum Gasteiger partial charge on any atom is 0.306 e. The van der Waals surface area contributed by atoms with E-state index in [2.05, 4.69) is 20.8 Å². The number of hydrogen-bond donors (Lipinski definition) is 2. The SMILES string of the molecule is Cc1ccc(N2CCCC(O)(CC(=O)O)C2)cc1Br.